The monoisotopic (exact) mass is 410 g/mol. The van der Waals surface area contributed by atoms with E-state index in [0.29, 0.717) is 0 Å². The first-order valence-corrected chi connectivity index (χ1v) is 6.53. The summed E-state index contributed by atoms with van der Waals surface area (Å²) < 4.78 is 24.0. The standard InChI is InChI=1S/C8H19O8P.Ba/c1-3-14-8(15-4-2)7(10)6(9)5-16-17(11,12)13;/h6-10H,3-5H2,1-2H3,(H2,11,12,13);/q;+2/p-2. The van der Waals surface area contributed by atoms with E-state index in [1.807, 2.05) is 0 Å². The van der Waals surface area contributed by atoms with Crippen LogP contribution in [0.4, 0.5) is 0 Å². The van der Waals surface area contributed by atoms with Gasteiger partial charge in [-0.1, -0.05) is 0 Å². The Hall–Kier alpha value is 1.52. The van der Waals surface area contributed by atoms with Gasteiger partial charge in [0.15, 0.2) is 6.29 Å². The first kappa shape index (κ1) is 21.8. The number of hydrogen-bond donors (Lipinski definition) is 2. The zero-order chi connectivity index (χ0) is 13.5. The zero-order valence-corrected chi connectivity index (χ0v) is 15.7. The maximum Gasteiger partial charge on any atom is 2.00 e. The number of phosphoric acid groups is 1. The van der Waals surface area contributed by atoms with Gasteiger partial charge in [0.1, 0.15) is 12.2 Å². The number of phosphoric ester groups is 1. The third-order valence-corrected chi connectivity index (χ3v) is 2.20. The van der Waals surface area contributed by atoms with Gasteiger partial charge in [-0.2, -0.15) is 0 Å². The Labute approximate surface area is 146 Å². The maximum absolute atomic E-state index is 10.2. The molecule has 0 fully saturated rings. The van der Waals surface area contributed by atoms with Gasteiger partial charge in [-0.05, 0) is 13.8 Å². The SMILES string of the molecule is CCOC(OCC)C(O)C(O)COP(=O)([O-])[O-].[Ba+2]. The van der Waals surface area contributed by atoms with Gasteiger partial charge in [-0.15, -0.1) is 0 Å². The van der Waals surface area contributed by atoms with Crippen molar-refractivity contribution in [3.63, 3.8) is 0 Å². The van der Waals surface area contributed by atoms with Crippen molar-refractivity contribution in [1.82, 2.24) is 0 Å². The van der Waals surface area contributed by atoms with E-state index in [2.05, 4.69) is 4.52 Å². The van der Waals surface area contributed by atoms with Gasteiger partial charge in [0.25, 0.3) is 0 Å². The van der Waals surface area contributed by atoms with E-state index in [-0.39, 0.29) is 62.1 Å². The predicted molar refractivity (Wildman–Crippen MR) is 58.4 cm³/mol. The molecule has 0 amide bonds. The molecule has 0 aromatic rings. The van der Waals surface area contributed by atoms with Crippen molar-refractivity contribution >= 4 is 56.7 Å². The predicted octanol–water partition coefficient (Wildman–Crippen LogP) is -2.43. The van der Waals surface area contributed by atoms with E-state index in [9.17, 15) is 24.6 Å². The van der Waals surface area contributed by atoms with Crippen LogP contribution >= 0.6 is 7.82 Å². The first-order valence-electron chi connectivity index (χ1n) is 5.07. The van der Waals surface area contributed by atoms with Crippen LogP contribution in [0.3, 0.4) is 0 Å². The minimum absolute atomic E-state index is 0. The normalized spacial score (nSPS) is 15.3. The molecule has 0 bridgehead atoms. The Bertz CT molecular complexity index is 241. The van der Waals surface area contributed by atoms with Crippen molar-refractivity contribution in [3.8, 4) is 0 Å². The van der Waals surface area contributed by atoms with Crippen LogP contribution < -0.4 is 9.79 Å². The Morgan fingerprint density at radius 3 is 1.94 bits per heavy atom. The molecular formula is C8H17BaO8P. The van der Waals surface area contributed by atoms with E-state index < -0.39 is 32.9 Å². The van der Waals surface area contributed by atoms with Crippen molar-refractivity contribution in [2.45, 2.75) is 32.3 Å². The summed E-state index contributed by atoms with van der Waals surface area (Å²) in [6, 6.07) is 0. The smallest absolute Gasteiger partial charge is 0.790 e. The summed E-state index contributed by atoms with van der Waals surface area (Å²) in [5.74, 6) is 0. The molecule has 0 saturated heterocycles. The third-order valence-electron chi connectivity index (χ3n) is 1.74. The molecule has 0 spiro atoms. The van der Waals surface area contributed by atoms with Crippen molar-refractivity contribution in [2.75, 3.05) is 19.8 Å². The Kier molecular flexibility index (Phi) is 13.6. The van der Waals surface area contributed by atoms with Crippen molar-refractivity contribution < 1.29 is 38.6 Å². The second-order valence-corrected chi connectivity index (χ2v) is 4.23. The molecule has 8 nitrogen and oxygen atoms in total. The van der Waals surface area contributed by atoms with Crippen LogP contribution in [-0.4, -0.2) is 97.4 Å². The molecule has 0 aliphatic heterocycles. The van der Waals surface area contributed by atoms with Crippen LogP contribution in [0, 0.1) is 0 Å². The van der Waals surface area contributed by atoms with Gasteiger partial charge in [0.05, 0.1) is 14.4 Å². The Balaban J connectivity index is 0. The van der Waals surface area contributed by atoms with E-state index >= 15 is 0 Å². The molecule has 0 saturated carbocycles. The van der Waals surface area contributed by atoms with Gasteiger partial charge >= 0.3 is 48.9 Å². The minimum atomic E-state index is -5.17. The van der Waals surface area contributed by atoms with Crippen molar-refractivity contribution in [1.29, 1.82) is 0 Å². The van der Waals surface area contributed by atoms with E-state index in [4.69, 9.17) is 9.47 Å². The fourth-order valence-corrected chi connectivity index (χ4v) is 1.36. The van der Waals surface area contributed by atoms with Gasteiger partial charge in [0.2, 0.25) is 0 Å². The quantitative estimate of drug-likeness (QED) is 0.244. The number of ether oxygens (including phenoxy) is 2. The Morgan fingerprint density at radius 1 is 1.17 bits per heavy atom. The number of aliphatic hydroxyl groups is 2. The fourth-order valence-electron chi connectivity index (χ4n) is 1.02. The molecule has 0 aromatic heterocycles. The van der Waals surface area contributed by atoms with Crippen molar-refractivity contribution in [2.24, 2.45) is 0 Å². The fraction of sp³-hybridized carbons (Fsp3) is 1.00. The molecule has 2 unspecified atom stereocenters. The molecule has 0 radical (unpaired) electrons. The topological polar surface area (TPSA) is 131 Å². The van der Waals surface area contributed by atoms with Gasteiger partial charge in [-0.25, -0.2) is 0 Å². The van der Waals surface area contributed by atoms with Crippen LogP contribution in [0.2, 0.25) is 0 Å². The minimum Gasteiger partial charge on any atom is -0.790 e. The van der Waals surface area contributed by atoms with E-state index in [1.54, 1.807) is 13.8 Å². The van der Waals surface area contributed by atoms with Crippen LogP contribution in [0.5, 0.6) is 0 Å². The average molecular weight is 410 g/mol. The van der Waals surface area contributed by atoms with Crippen LogP contribution in [-0.2, 0) is 18.6 Å². The first-order chi connectivity index (χ1) is 7.81. The molecule has 0 aliphatic carbocycles. The molecule has 104 valence electrons. The summed E-state index contributed by atoms with van der Waals surface area (Å²) in [6.07, 6.45) is -4.22. The second kappa shape index (κ2) is 11.2. The molecule has 18 heavy (non-hydrogen) atoms. The van der Waals surface area contributed by atoms with Crippen LogP contribution in [0.15, 0.2) is 0 Å². The molecule has 0 aliphatic rings. The van der Waals surface area contributed by atoms with Gasteiger partial charge < -0.3 is 38.6 Å². The molecule has 0 rings (SSSR count). The molecule has 10 heteroatoms. The summed E-state index contributed by atoms with van der Waals surface area (Å²) in [7, 11) is -5.17. The summed E-state index contributed by atoms with van der Waals surface area (Å²) in [5, 5.41) is 18.9. The van der Waals surface area contributed by atoms with E-state index in [1.165, 1.54) is 0 Å². The average Bonchev–Trinajstić information content (AvgIpc) is 2.23. The van der Waals surface area contributed by atoms with E-state index in [0.717, 1.165) is 0 Å². The summed E-state index contributed by atoms with van der Waals surface area (Å²) >= 11 is 0. The number of aliphatic hydroxyl groups excluding tert-OH is 2. The molecular weight excluding hydrogens is 392 g/mol. The van der Waals surface area contributed by atoms with Crippen LogP contribution in [0.1, 0.15) is 13.8 Å². The molecule has 0 aromatic carbocycles. The molecule has 0 heterocycles. The summed E-state index contributed by atoms with van der Waals surface area (Å²) in [5.41, 5.74) is 0. The zero-order valence-electron chi connectivity index (χ0n) is 10.4. The number of hydrogen-bond acceptors (Lipinski definition) is 8. The summed E-state index contributed by atoms with van der Waals surface area (Å²) in [4.78, 5) is 20.3. The van der Waals surface area contributed by atoms with Gasteiger partial charge in [0, 0.05) is 13.2 Å². The summed E-state index contributed by atoms with van der Waals surface area (Å²) in [6.45, 7) is 2.94. The largest absolute Gasteiger partial charge is 2.00 e. The molecule has 2 atom stereocenters. The van der Waals surface area contributed by atoms with Crippen LogP contribution in [0.25, 0.3) is 0 Å². The molecule has 2 N–H and O–H groups in total. The Morgan fingerprint density at radius 2 is 1.61 bits per heavy atom. The van der Waals surface area contributed by atoms with Crippen molar-refractivity contribution in [3.05, 3.63) is 0 Å². The maximum atomic E-state index is 10.2. The number of rotatable bonds is 9. The van der Waals surface area contributed by atoms with Gasteiger partial charge in [-0.3, -0.25) is 0 Å². The third kappa shape index (κ3) is 10.3. The second-order valence-electron chi connectivity index (χ2n) is 3.08.